The lowest BCUT2D eigenvalue weighted by Crippen LogP contribution is -2.32. The zero-order valence-electron chi connectivity index (χ0n) is 11.8. The summed E-state index contributed by atoms with van der Waals surface area (Å²) in [5, 5.41) is 3.10. The predicted molar refractivity (Wildman–Crippen MR) is 74.2 cm³/mol. The topological polar surface area (TPSA) is 86.5 Å². The van der Waals surface area contributed by atoms with Crippen molar-refractivity contribution in [3.63, 3.8) is 0 Å². The van der Waals surface area contributed by atoms with Crippen molar-refractivity contribution in [2.75, 3.05) is 31.3 Å². The highest BCUT2D eigenvalue weighted by Gasteiger charge is 2.17. The molecular formula is C13H21N3O3. The Hall–Kier alpha value is -1.82. The molecule has 0 aliphatic heterocycles. The van der Waals surface area contributed by atoms with Gasteiger partial charge in [-0.3, -0.25) is 0 Å². The fourth-order valence-electron chi connectivity index (χ4n) is 1.32. The van der Waals surface area contributed by atoms with Crippen LogP contribution in [0, 0.1) is 0 Å². The van der Waals surface area contributed by atoms with Crippen molar-refractivity contribution in [3.05, 3.63) is 17.8 Å². The Morgan fingerprint density at radius 3 is 2.79 bits per heavy atom. The van der Waals surface area contributed by atoms with E-state index in [-0.39, 0.29) is 5.60 Å². The Kier molecular flexibility index (Phi) is 5.11. The minimum atomic E-state index is -0.448. The molecule has 0 aromatic carbocycles. The van der Waals surface area contributed by atoms with Crippen LogP contribution in [0.15, 0.2) is 12.3 Å². The zero-order chi connectivity index (χ0) is 14.5. The molecule has 1 heterocycles. The summed E-state index contributed by atoms with van der Waals surface area (Å²) in [6.07, 6.45) is 1.44. The molecule has 0 radical (unpaired) electrons. The monoisotopic (exact) mass is 267 g/mol. The van der Waals surface area contributed by atoms with Gasteiger partial charge in [-0.05, 0) is 26.8 Å². The Balaban J connectivity index is 2.82. The number of rotatable bonds is 6. The summed E-state index contributed by atoms with van der Waals surface area (Å²) in [7, 11) is 1.64. The van der Waals surface area contributed by atoms with Crippen molar-refractivity contribution < 1.29 is 14.3 Å². The van der Waals surface area contributed by atoms with Gasteiger partial charge in [0.2, 0.25) is 0 Å². The number of carbonyl (C=O) groups is 1. The van der Waals surface area contributed by atoms with Crippen LogP contribution in [-0.4, -0.2) is 36.8 Å². The van der Waals surface area contributed by atoms with Gasteiger partial charge in [-0.25, -0.2) is 9.78 Å². The molecule has 1 rings (SSSR count). The molecule has 106 valence electrons. The molecule has 1 aromatic heterocycles. The van der Waals surface area contributed by atoms with Gasteiger partial charge in [-0.1, -0.05) is 0 Å². The molecule has 0 bridgehead atoms. The minimum absolute atomic E-state index is 0.301. The third-order valence-corrected chi connectivity index (χ3v) is 2.68. The standard InChI is InChI=1S/C13H21N3O3/c1-5-19-12(17)9-6-11(15-7-10(9)14)16-8-13(2,3)18-4/h6-7H,5,8,14H2,1-4H3,(H,15,16). The first-order chi connectivity index (χ1) is 8.89. The molecule has 19 heavy (non-hydrogen) atoms. The van der Waals surface area contributed by atoms with E-state index in [1.54, 1.807) is 20.1 Å². The predicted octanol–water partition coefficient (Wildman–Crippen LogP) is 1.68. The van der Waals surface area contributed by atoms with E-state index in [1.807, 2.05) is 13.8 Å². The van der Waals surface area contributed by atoms with Gasteiger partial charge in [0, 0.05) is 13.7 Å². The van der Waals surface area contributed by atoms with E-state index in [9.17, 15) is 4.79 Å². The first-order valence-electron chi connectivity index (χ1n) is 6.11. The first-order valence-corrected chi connectivity index (χ1v) is 6.11. The molecular weight excluding hydrogens is 246 g/mol. The number of methoxy groups -OCH3 is 1. The largest absolute Gasteiger partial charge is 0.462 e. The third kappa shape index (κ3) is 4.40. The van der Waals surface area contributed by atoms with Crippen molar-refractivity contribution in [1.29, 1.82) is 0 Å². The zero-order valence-corrected chi connectivity index (χ0v) is 11.8. The van der Waals surface area contributed by atoms with Gasteiger partial charge in [-0.2, -0.15) is 0 Å². The van der Waals surface area contributed by atoms with Gasteiger partial charge in [0.1, 0.15) is 5.82 Å². The van der Waals surface area contributed by atoms with E-state index in [0.29, 0.717) is 30.2 Å². The number of nitrogen functional groups attached to an aromatic ring is 1. The van der Waals surface area contributed by atoms with Gasteiger partial charge in [0.15, 0.2) is 0 Å². The SMILES string of the molecule is CCOC(=O)c1cc(NCC(C)(C)OC)ncc1N. The fraction of sp³-hybridized carbons (Fsp3) is 0.538. The number of nitrogens with zero attached hydrogens (tertiary/aromatic N) is 1. The summed E-state index contributed by atoms with van der Waals surface area (Å²) >= 11 is 0. The number of nitrogens with one attached hydrogen (secondary N) is 1. The van der Waals surface area contributed by atoms with E-state index in [2.05, 4.69) is 10.3 Å². The van der Waals surface area contributed by atoms with Crippen LogP contribution in [0.5, 0.6) is 0 Å². The van der Waals surface area contributed by atoms with E-state index in [1.165, 1.54) is 6.20 Å². The smallest absolute Gasteiger partial charge is 0.340 e. The summed E-state index contributed by atoms with van der Waals surface area (Å²) in [5.41, 5.74) is 6.00. The molecule has 6 heteroatoms. The molecule has 0 aliphatic carbocycles. The van der Waals surface area contributed by atoms with E-state index in [0.717, 1.165) is 0 Å². The summed E-state index contributed by atoms with van der Waals surface area (Å²) in [5.74, 6) is 0.110. The molecule has 0 saturated heterocycles. The Bertz CT molecular complexity index is 447. The lowest BCUT2D eigenvalue weighted by molar-refractivity contribution is 0.0343. The van der Waals surface area contributed by atoms with Crippen molar-refractivity contribution in [2.45, 2.75) is 26.4 Å². The van der Waals surface area contributed by atoms with Crippen LogP contribution in [0.4, 0.5) is 11.5 Å². The highest BCUT2D eigenvalue weighted by atomic mass is 16.5. The lowest BCUT2D eigenvalue weighted by atomic mass is 10.1. The van der Waals surface area contributed by atoms with Gasteiger partial charge >= 0.3 is 5.97 Å². The van der Waals surface area contributed by atoms with Crippen molar-refractivity contribution in [2.24, 2.45) is 0 Å². The van der Waals surface area contributed by atoms with Crippen LogP contribution >= 0.6 is 0 Å². The second kappa shape index (κ2) is 6.38. The van der Waals surface area contributed by atoms with Crippen LogP contribution in [-0.2, 0) is 9.47 Å². The van der Waals surface area contributed by atoms with Crippen LogP contribution < -0.4 is 11.1 Å². The summed E-state index contributed by atoms with van der Waals surface area (Å²) in [6, 6.07) is 1.58. The number of esters is 1. The molecule has 6 nitrogen and oxygen atoms in total. The van der Waals surface area contributed by atoms with Crippen LogP contribution in [0.3, 0.4) is 0 Å². The highest BCUT2D eigenvalue weighted by molar-refractivity contribution is 5.95. The maximum absolute atomic E-state index is 11.7. The second-order valence-corrected chi connectivity index (χ2v) is 4.69. The Labute approximate surface area is 113 Å². The summed E-state index contributed by atoms with van der Waals surface area (Å²) < 4.78 is 10.2. The molecule has 0 spiro atoms. The van der Waals surface area contributed by atoms with Crippen molar-refractivity contribution in [1.82, 2.24) is 4.98 Å². The van der Waals surface area contributed by atoms with Crippen molar-refractivity contribution >= 4 is 17.5 Å². The van der Waals surface area contributed by atoms with Gasteiger partial charge in [0.25, 0.3) is 0 Å². The number of nitrogens with two attached hydrogens (primary N) is 1. The number of ether oxygens (including phenoxy) is 2. The molecule has 0 amide bonds. The maximum Gasteiger partial charge on any atom is 0.340 e. The fourth-order valence-corrected chi connectivity index (χ4v) is 1.32. The molecule has 0 fully saturated rings. The normalized spacial score (nSPS) is 11.2. The van der Waals surface area contributed by atoms with Crippen LogP contribution in [0.2, 0.25) is 0 Å². The first kappa shape index (κ1) is 15.2. The number of hydrogen-bond donors (Lipinski definition) is 2. The lowest BCUT2D eigenvalue weighted by Gasteiger charge is -2.23. The van der Waals surface area contributed by atoms with E-state index >= 15 is 0 Å². The molecule has 0 aliphatic rings. The van der Waals surface area contributed by atoms with Gasteiger partial charge in [0.05, 0.1) is 29.7 Å². The van der Waals surface area contributed by atoms with Gasteiger partial charge in [-0.15, -0.1) is 0 Å². The number of pyridine rings is 1. The number of hydrogen-bond acceptors (Lipinski definition) is 6. The Morgan fingerprint density at radius 1 is 1.53 bits per heavy atom. The number of aromatic nitrogens is 1. The molecule has 0 saturated carbocycles. The third-order valence-electron chi connectivity index (χ3n) is 2.68. The average molecular weight is 267 g/mol. The maximum atomic E-state index is 11.7. The molecule has 1 aromatic rings. The Morgan fingerprint density at radius 2 is 2.21 bits per heavy atom. The average Bonchev–Trinajstić information content (AvgIpc) is 2.38. The van der Waals surface area contributed by atoms with Crippen LogP contribution in [0.25, 0.3) is 0 Å². The van der Waals surface area contributed by atoms with E-state index in [4.69, 9.17) is 15.2 Å². The quantitative estimate of drug-likeness (QED) is 0.763. The molecule has 3 N–H and O–H groups in total. The van der Waals surface area contributed by atoms with E-state index < -0.39 is 5.97 Å². The minimum Gasteiger partial charge on any atom is -0.462 e. The van der Waals surface area contributed by atoms with Gasteiger partial charge < -0.3 is 20.5 Å². The summed E-state index contributed by atoms with van der Waals surface area (Å²) in [4.78, 5) is 15.8. The van der Waals surface area contributed by atoms with Crippen molar-refractivity contribution in [3.8, 4) is 0 Å². The highest BCUT2D eigenvalue weighted by Crippen LogP contribution is 2.17. The second-order valence-electron chi connectivity index (χ2n) is 4.69. The van der Waals surface area contributed by atoms with Crippen LogP contribution in [0.1, 0.15) is 31.1 Å². The molecule has 0 unspecified atom stereocenters. The number of carbonyl (C=O) groups excluding carboxylic acids is 1. The molecule has 0 atom stereocenters. The summed E-state index contributed by atoms with van der Waals surface area (Å²) in [6.45, 7) is 6.51. The number of anilines is 2.